The number of aromatic nitrogens is 2. The fourth-order valence-corrected chi connectivity index (χ4v) is 4.96. The predicted molar refractivity (Wildman–Crippen MR) is 139 cm³/mol. The number of ether oxygens (including phenoxy) is 1. The molecule has 0 bridgehead atoms. The van der Waals surface area contributed by atoms with E-state index in [1.807, 2.05) is 0 Å². The van der Waals surface area contributed by atoms with Gasteiger partial charge in [0, 0.05) is 29.5 Å². The lowest BCUT2D eigenvalue weighted by molar-refractivity contribution is -0.137. The molecule has 0 spiro atoms. The predicted octanol–water partition coefficient (Wildman–Crippen LogP) is 4.28. The minimum atomic E-state index is -0.948. The van der Waals surface area contributed by atoms with Crippen molar-refractivity contribution in [2.75, 3.05) is 13.1 Å². The first-order valence-electron chi connectivity index (χ1n) is 12.7. The summed E-state index contributed by atoms with van der Waals surface area (Å²) in [6, 6.07) is 6.13. The number of Topliss-reactive ketones (excluding diaryl/α,β-unsaturated/α-hetero) is 1. The van der Waals surface area contributed by atoms with Gasteiger partial charge >= 0.3 is 6.09 Å². The van der Waals surface area contributed by atoms with Crippen molar-refractivity contribution in [3.8, 4) is 11.4 Å². The Morgan fingerprint density at radius 1 is 1.16 bits per heavy atom. The van der Waals surface area contributed by atoms with E-state index in [0.29, 0.717) is 28.6 Å². The number of ketones is 1. The fourth-order valence-electron chi connectivity index (χ4n) is 4.84. The van der Waals surface area contributed by atoms with E-state index in [1.54, 1.807) is 49.9 Å². The SMILES string of the molecule is CCCCC1CN(C(=O)[C@@H]2CC(=O)CN2C(=O)OC(C)(C)C)Cc2c1nc(-c1ccc(Cl)cc1)[nH]c2=O. The van der Waals surface area contributed by atoms with Crippen molar-refractivity contribution in [2.24, 2.45) is 0 Å². The summed E-state index contributed by atoms with van der Waals surface area (Å²) >= 11 is 6.01. The average molecular weight is 529 g/mol. The van der Waals surface area contributed by atoms with Gasteiger partial charge in [-0.15, -0.1) is 0 Å². The zero-order valence-corrected chi connectivity index (χ0v) is 22.4. The number of halogens is 1. The quantitative estimate of drug-likeness (QED) is 0.619. The van der Waals surface area contributed by atoms with Gasteiger partial charge in [0.25, 0.3) is 5.56 Å². The lowest BCUT2D eigenvalue weighted by Crippen LogP contribution is -2.51. The average Bonchev–Trinajstić information content (AvgIpc) is 3.23. The molecule has 3 heterocycles. The van der Waals surface area contributed by atoms with Crippen LogP contribution in [0, 0.1) is 0 Å². The molecule has 0 radical (unpaired) electrons. The number of amides is 2. The molecule has 1 unspecified atom stereocenters. The van der Waals surface area contributed by atoms with Gasteiger partial charge in [-0.1, -0.05) is 31.4 Å². The molecule has 2 amide bonds. The van der Waals surface area contributed by atoms with E-state index in [-0.39, 0.29) is 42.7 Å². The third-order valence-corrected chi connectivity index (χ3v) is 6.87. The molecular formula is C27H33ClN4O5. The van der Waals surface area contributed by atoms with E-state index >= 15 is 0 Å². The number of carbonyl (C=O) groups is 3. The van der Waals surface area contributed by atoms with Gasteiger partial charge in [-0.3, -0.25) is 19.3 Å². The van der Waals surface area contributed by atoms with Crippen molar-refractivity contribution >= 4 is 29.4 Å². The van der Waals surface area contributed by atoms with Crippen LogP contribution in [0.3, 0.4) is 0 Å². The third kappa shape index (κ3) is 6.04. The van der Waals surface area contributed by atoms with Crippen LogP contribution >= 0.6 is 11.6 Å². The lowest BCUT2D eigenvalue weighted by atomic mass is 9.90. The van der Waals surface area contributed by atoms with Crippen molar-refractivity contribution < 1.29 is 19.1 Å². The van der Waals surface area contributed by atoms with E-state index in [4.69, 9.17) is 21.3 Å². The van der Waals surface area contributed by atoms with E-state index in [0.717, 1.165) is 24.8 Å². The number of nitrogens with zero attached hydrogens (tertiary/aromatic N) is 3. The van der Waals surface area contributed by atoms with Gasteiger partial charge < -0.3 is 14.6 Å². The maximum absolute atomic E-state index is 13.7. The maximum atomic E-state index is 13.7. The van der Waals surface area contributed by atoms with Gasteiger partial charge in [-0.05, 0) is 51.5 Å². The normalized spacial score (nSPS) is 19.6. The largest absolute Gasteiger partial charge is 0.444 e. The van der Waals surface area contributed by atoms with Gasteiger partial charge in [0.1, 0.15) is 17.5 Å². The molecule has 1 aromatic carbocycles. The van der Waals surface area contributed by atoms with Crippen molar-refractivity contribution in [3.63, 3.8) is 0 Å². The lowest BCUT2D eigenvalue weighted by Gasteiger charge is -2.36. The number of hydrogen-bond donors (Lipinski definition) is 1. The molecule has 1 saturated heterocycles. The molecule has 2 aliphatic heterocycles. The van der Waals surface area contributed by atoms with Crippen LogP contribution in [0.2, 0.25) is 5.02 Å². The zero-order valence-electron chi connectivity index (χ0n) is 21.7. The number of H-pyrrole nitrogens is 1. The van der Waals surface area contributed by atoms with Crippen molar-refractivity contribution in [3.05, 3.63) is 50.9 Å². The summed E-state index contributed by atoms with van der Waals surface area (Å²) in [5, 5.41) is 0.588. The third-order valence-electron chi connectivity index (χ3n) is 6.62. The van der Waals surface area contributed by atoms with E-state index in [9.17, 15) is 19.2 Å². The summed E-state index contributed by atoms with van der Waals surface area (Å²) in [6.07, 6.45) is 1.86. The molecule has 4 rings (SSSR count). The molecule has 2 aromatic rings. The molecule has 1 fully saturated rings. The Kier molecular flexibility index (Phi) is 7.73. The second kappa shape index (κ2) is 10.7. The number of nitrogens with one attached hydrogen (secondary N) is 1. The standard InChI is InChI=1S/C27H33ClN4O5/c1-5-6-7-17-13-31(25(35)21-12-19(33)14-32(21)26(36)37-27(2,3)4)15-20-22(17)29-23(30-24(20)34)16-8-10-18(28)11-9-16/h8-11,17,21H,5-7,12-15H2,1-4H3,(H,29,30,34)/t17?,21-/m0/s1. The number of carbonyl (C=O) groups excluding carboxylic acids is 3. The van der Waals surface area contributed by atoms with Crippen LogP contribution in [-0.2, 0) is 20.9 Å². The summed E-state index contributed by atoms with van der Waals surface area (Å²) < 4.78 is 5.44. The van der Waals surface area contributed by atoms with Crippen LogP contribution in [0.1, 0.15) is 70.6 Å². The number of fused-ring (bicyclic) bond motifs is 1. The van der Waals surface area contributed by atoms with Crippen LogP contribution < -0.4 is 5.56 Å². The number of rotatable bonds is 5. The summed E-state index contributed by atoms with van der Waals surface area (Å²) in [6.45, 7) is 7.54. The second-order valence-corrected chi connectivity index (χ2v) is 11.1. The summed E-state index contributed by atoms with van der Waals surface area (Å²) in [4.78, 5) is 62.4. The topological polar surface area (TPSA) is 113 Å². The van der Waals surface area contributed by atoms with Gasteiger partial charge in [0.2, 0.25) is 5.91 Å². The number of unbranched alkanes of at least 4 members (excludes halogenated alkanes) is 1. The van der Waals surface area contributed by atoms with Crippen LogP contribution in [0.5, 0.6) is 0 Å². The highest BCUT2D eigenvalue weighted by Crippen LogP contribution is 2.32. The second-order valence-electron chi connectivity index (χ2n) is 10.7. The molecule has 10 heteroatoms. The first-order chi connectivity index (χ1) is 17.5. The molecule has 0 aliphatic carbocycles. The molecule has 1 aromatic heterocycles. The van der Waals surface area contributed by atoms with Gasteiger partial charge in [0.05, 0.1) is 24.3 Å². The van der Waals surface area contributed by atoms with Crippen LogP contribution in [0.4, 0.5) is 4.79 Å². The van der Waals surface area contributed by atoms with Crippen LogP contribution in [0.15, 0.2) is 29.1 Å². The van der Waals surface area contributed by atoms with E-state index in [2.05, 4.69) is 11.9 Å². The maximum Gasteiger partial charge on any atom is 0.411 e. The monoisotopic (exact) mass is 528 g/mol. The minimum Gasteiger partial charge on any atom is -0.444 e. The molecule has 2 aliphatic rings. The Labute approximate surface area is 221 Å². The number of benzene rings is 1. The molecule has 0 saturated carbocycles. The Morgan fingerprint density at radius 2 is 1.86 bits per heavy atom. The molecule has 37 heavy (non-hydrogen) atoms. The Balaban J connectivity index is 1.64. The van der Waals surface area contributed by atoms with Gasteiger partial charge in [0.15, 0.2) is 5.78 Å². The first-order valence-corrected chi connectivity index (χ1v) is 13.0. The Morgan fingerprint density at radius 3 is 2.51 bits per heavy atom. The highest BCUT2D eigenvalue weighted by Gasteiger charge is 2.44. The van der Waals surface area contributed by atoms with Gasteiger partial charge in [-0.25, -0.2) is 9.78 Å². The summed E-state index contributed by atoms with van der Waals surface area (Å²) in [5.74, 6) is -0.242. The number of hydrogen-bond acceptors (Lipinski definition) is 6. The molecule has 1 N–H and O–H groups in total. The van der Waals surface area contributed by atoms with Gasteiger partial charge in [-0.2, -0.15) is 0 Å². The first kappa shape index (κ1) is 26.9. The highest BCUT2D eigenvalue weighted by atomic mass is 35.5. The fraction of sp³-hybridized carbons (Fsp3) is 0.519. The summed E-state index contributed by atoms with van der Waals surface area (Å²) in [7, 11) is 0. The summed E-state index contributed by atoms with van der Waals surface area (Å²) in [5.41, 5.74) is 0.811. The Bertz CT molecular complexity index is 1250. The van der Waals surface area contributed by atoms with E-state index < -0.39 is 17.7 Å². The van der Waals surface area contributed by atoms with Crippen molar-refractivity contribution in [2.45, 2.75) is 77.5 Å². The molecule has 198 valence electrons. The molecule has 2 atom stereocenters. The van der Waals surface area contributed by atoms with E-state index in [1.165, 1.54) is 4.90 Å². The van der Waals surface area contributed by atoms with Crippen LogP contribution in [-0.4, -0.2) is 62.3 Å². The van der Waals surface area contributed by atoms with Crippen LogP contribution in [0.25, 0.3) is 11.4 Å². The highest BCUT2D eigenvalue weighted by molar-refractivity contribution is 6.30. The van der Waals surface area contributed by atoms with Crippen molar-refractivity contribution in [1.29, 1.82) is 0 Å². The molecular weight excluding hydrogens is 496 g/mol. The molecule has 9 nitrogen and oxygen atoms in total. The smallest absolute Gasteiger partial charge is 0.411 e. The number of likely N-dealkylation sites (tertiary alicyclic amines) is 1. The Hall–Kier alpha value is -3.20. The zero-order chi connectivity index (χ0) is 26.9. The van der Waals surface area contributed by atoms with Crippen molar-refractivity contribution in [1.82, 2.24) is 19.8 Å². The number of aromatic amines is 1. The minimum absolute atomic E-state index is 0.0624.